The molecule has 1 fully saturated rings. The van der Waals surface area contributed by atoms with Crippen molar-refractivity contribution >= 4 is 21.8 Å². The van der Waals surface area contributed by atoms with E-state index in [0.717, 1.165) is 32.5 Å². The third-order valence-corrected chi connectivity index (χ3v) is 4.33. The molecule has 0 aromatic heterocycles. The maximum atomic E-state index is 13.6. The summed E-state index contributed by atoms with van der Waals surface area (Å²) < 4.78 is 19.6. The zero-order chi connectivity index (χ0) is 15.9. The van der Waals surface area contributed by atoms with E-state index < -0.39 is 5.82 Å². The van der Waals surface area contributed by atoms with Crippen molar-refractivity contribution in [1.82, 2.24) is 10.2 Å². The molecule has 1 amide bonds. The van der Waals surface area contributed by atoms with Gasteiger partial charge in [0.05, 0.1) is 13.0 Å². The summed E-state index contributed by atoms with van der Waals surface area (Å²) in [7, 11) is 1.93. The molecule has 1 saturated heterocycles. The Hall–Kier alpha value is -1.14. The van der Waals surface area contributed by atoms with E-state index in [-0.39, 0.29) is 24.7 Å². The molecule has 1 unspecified atom stereocenters. The van der Waals surface area contributed by atoms with Gasteiger partial charge in [0, 0.05) is 17.6 Å². The molecule has 0 saturated carbocycles. The van der Waals surface area contributed by atoms with E-state index in [4.69, 9.17) is 4.74 Å². The van der Waals surface area contributed by atoms with E-state index in [1.54, 1.807) is 12.1 Å². The molecule has 1 aliphatic rings. The molecule has 2 rings (SSSR count). The summed E-state index contributed by atoms with van der Waals surface area (Å²) in [6, 6.07) is 4.63. The zero-order valence-electron chi connectivity index (χ0n) is 12.8. The number of ether oxygens (including phenoxy) is 1. The number of piperidine rings is 1. The lowest BCUT2D eigenvalue weighted by Gasteiger charge is -2.32. The molecule has 22 heavy (non-hydrogen) atoms. The predicted octanol–water partition coefficient (Wildman–Crippen LogP) is 2.82. The van der Waals surface area contributed by atoms with Crippen LogP contribution in [0.3, 0.4) is 0 Å². The van der Waals surface area contributed by atoms with Crippen LogP contribution >= 0.6 is 15.9 Å². The number of likely N-dealkylation sites (tertiary alicyclic amines) is 1. The standard InChI is InChI=1S/C16H22BrFN2O2/c1-19-10-12-3-2-7-20(11-12)16(21)6-8-22-15-5-4-13(17)9-14(15)18/h4-5,9,12,19H,2-3,6-8,10-11H2,1H3. The second-order valence-corrected chi connectivity index (χ2v) is 6.49. The Morgan fingerprint density at radius 1 is 1.55 bits per heavy atom. The summed E-state index contributed by atoms with van der Waals surface area (Å²) in [4.78, 5) is 14.1. The molecule has 1 aliphatic heterocycles. The highest BCUT2D eigenvalue weighted by Crippen LogP contribution is 2.22. The Morgan fingerprint density at radius 3 is 3.09 bits per heavy atom. The summed E-state index contributed by atoms with van der Waals surface area (Å²) in [5, 5.41) is 3.16. The van der Waals surface area contributed by atoms with Crippen molar-refractivity contribution < 1.29 is 13.9 Å². The minimum absolute atomic E-state index is 0.0818. The van der Waals surface area contributed by atoms with Gasteiger partial charge in [-0.25, -0.2) is 4.39 Å². The number of carbonyl (C=O) groups excluding carboxylic acids is 1. The first-order valence-corrected chi connectivity index (χ1v) is 8.39. The molecule has 4 nitrogen and oxygen atoms in total. The van der Waals surface area contributed by atoms with Crippen LogP contribution in [0.1, 0.15) is 19.3 Å². The van der Waals surface area contributed by atoms with E-state index in [1.807, 2.05) is 11.9 Å². The van der Waals surface area contributed by atoms with Crippen molar-refractivity contribution in [3.63, 3.8) is 0 Å². The molecule has 1 atom stereocenters. The van der Waals surface area contributed by atoms with Crippen molar-refractivity contribution in [3.05, 3.63) is 28.5 Å². The van der Waals surface area contributed by atoms with Crippen LogP contribution in [-0.4, -0.2) is 44.1 Å². The third-order valence-electron chi connectivity index (χ3n) is 3.83. The van der Waals surface area contributed by atoms with Gasteiger partial charge in [-0.05, 0) is 50.6 Å². The molecule has 1 heterocycles. The maximum absolute atomic E-state index is 13.6. The van der Waals surface area contributed by atoms with Crippen molar-refractivity contribution in [2.75, 3.05) is 33.3 Å². The van der Waals surface area contributed by atoms with Crippen LogP contribution in [0.4, 0.5) is 4.39 Å². The van der Waals surface area contributed by atoms with Crippen LogP contribution in [-0.2, 0) is 4.79 Å². The van der Waals surface area contributed by atoms with Crippen molar-refractivity contribution in [1.29, 1.82) is 0 Å². The van der Waals surface area contributed by atoms with Gasteiger partial charge in [0.2, 0.25) is 5.91 Å². The van der Waals surface area contributed by atoms with Crippen LogP contribution in [0.15, 0.2) is 22.7 Å². The number of carbonyl (C=O) groups is 1. The van der Waals surface area contributed by atoms with Gasteiger partial charge in [-0.15, -0.1) is 0 Å². The van der Waals surface area contributed by atoms with Gasteiger partial charge in [-0.2, -0.15) is 0 Å². The van der Waals surface area contributed by atoms with Gasteiger partial charge in [0.25, 0.3) is 0 Å². The number of rotatable bonds is 6. The number of nitrogens with one attached hydrogen (secondary N) is 1. The summed E-state index contributed by atoms with van der Waals surface area (Å²) in [5.74, 6) is 0.363. The smallest absolute Gasteiger partial charge is 0.226 e. The highest BCUT2D eigenvalue weighted by atomic mass is 79.9. The lowest BCUT2D eigenvalue weighted by molar-refractivity contribution is -0.133. The monoisotopic (exact) mass is 372 g/mol. The fourth-order valence-corrected chi connectivity index (χ4v) is 3.08. The molecule has 1 N–H and O–H groups in total. The minimum Gasteiger partial charge on any atom is -0.490 e. The molecule has 0 radical (unpaired) electrons. The average Bonchev–Trinajstić information content (AvgIpc) is 2.50. The second kappa shape index (κ2) is 8.48. The van der Waals surface area contributed by atoms with Gasteiger partial charge in [-0.3, -0.25) is 4.79 Å². The van der Waals surface area contributed by atoms with Gasteiger partial charge in [0.1, 0.15) is 0 Å². The van der Waals surface area contributed by atoms with Gasteiger partial charge in [-0.1, -0.05) is 15.9 Å². The number of hydrogen-bond donors (Lipinski definition) is 1. The Balaban J connectivity index is 1.77. The van der Waals surface area contributed by atoms with Crippen molar-refractivity contribution in [3.8, 4) is 5.75 Å². The first kappa shape index (κ1) is 17.2. The SMILES string of the molecule is CNCC1CCCN(C(=O)CCOc2ccc(Br)cc2F)C1. The van der Waals surface area contributed by atoms with E-state index in [2.05, 4.69) is 21.2 Å². The topological polar surface area (TPSA) is 41.6 Å². The first-order chi connectivity index (χ1) is 10.6. The normalized spacial score (nSPS) is 18.3. The molecule has 122 valence electrons. The zero-order valence-corrected chi connectivity index (χ0v) is 14.4. The van der Waals surface area contributed by atoms with Crippen molar-refractivity contribution in [2.24, 2.45) is 5.92 Å². The fourth-order valence-electron chi connectivity index (χ4n) is 2.75. The molecule has 0 bridgehead atoms. The van der Waals surface area contributed by atoms with Gasteiger partial charge < -0.3 is 15.0 Å². The molecule has 0 aliphatic carbocycles. The predicted molar refractivity (Wildman–Crippen MR) is 87.4 cm³/mol. The summed E-state index contributed by atoms with van der Waals surface area (Å²) in [5.41, 5.74) is 0. The number of hydrogen-bond acceptors (Lipinski definition) is 3. The second-order valence-electron chi connectivity index (χ2n) is 5.58. The lowest BCUT2D eigenvalue weighted by atomic mass is 9.98. The van der Waals surface area contributed by atoms with Crippen LogP contribution < -0.4 is 10.1 Å². The number of amides is 1. The third kappa shape index (κ3) is 4.95. The highest BCUT2D eigenvalue weighted by Gasteiger charge is 2.22. The average molecular weight is 373 g/mol. The Bertz CT molecular complexity index is 511. The van der Waals surface area contributed by atoms with E-state index in [1.165, 1.54) is 6.07 Å². The first-order valence-electron chi connectivity index (χ1n) is 7.60. The summed E-state index contributed by atoms with van der Waals surface area (Å²) >= 11 is 3.20. The fraction of sp³-hybridized carbons (Fsp3) is 0.562. The van der Waals surface area contributed by atoms with Gasteiger partial charge in [0.15, 0.2) is 11.6 Å². The quantitative estimate of drug-likeness (QED) is 0.834. The molecule has 1 aromatic rings. The van der Waals surface area contributed by atoms with Crippen LogP contribution in [0.2, 0.25) is 0 Å². The largest absolute Gasteiger partial charge is 0.490 e. The van der Waals surface area contributed by atoms with Crippen molar-refractivity contribution in [2.45, 2.75) is 19.3 Å². The number of halogens is 2. The molecule has 6 heteroatoms. The number of benzene rings is 1. The number of nitrogens with zero attached hydrogens (tertiary/aromatic N) is 1. The van der Waals surface area contributed by atoms with Crippen LogP contribution in [0.5, 0.6) is 5.75 Å². The summed E-state index contributed by atoms with van der Waals surface area (Å²) in [6.07, 6.45) is 2.48. The van der Waals surface area contributed by atoms with Crippen LogP contribution in [0.25, 0.3) is 0 Å². The van der Waals surface area contributed by atoms with Crippen LogP contribution in [0, 0.1) is 11.7 Å². The maximum Gasteiger partial charge on any atom is 0.226 e. The Morgan fingerprint density at radius 2 is 2.36 bits per heavy atom. The molecule has 1 aromatic carbocycles. The molecular formula is C16H22BrFN2O2. The van der Waals surface area contributed by atoms with E-state index >= 15 is 0 Å². The summed E-state index contributed by atoms with van der Waals surface area (Å²) in [6.45, 7) is 2.74. The highest BCUT2D eigenvalue weighted by molar-refractivity contribution is 9.10. The Kier molecular flexibility index (Phi) is 6.64. The molecule has 0 spiro atoms. The lowest BCUT2D eigenvalue weighted by Crippen LogP contribution is -2.42. The Labute approximate surface area is 139 Å². The minimum atomic E-state index is -0.422. The van der Waals surface area contributed by atoms with E-state index in [9.17, 15) is 9.18 Å². The van der Waals surface area contributed by atoms with E-state index in [0.29, 0.717) is 10.4 Å². The van der Waals surface area contributed by atoms with Gasteiger partial charge >= 0.3 is 0 Å². The molecular weight excluding hydrogens is 351 g/mol.